The Morgan fingerprint density at radius 2 is 1.82 bits per heavy atom. The fourth-order valence-electron chi connectivity index (χ4n) is 3.65. The van der Waals surface area contributed by atoms with Crippen molar-refractivity contribution >= 4 is 17.9 Å². The highest BCUT2D eigenvalue weighted by atomic mass is 16.4. The van der Waals surface area contributed by atoms with E-state index in [9.17, 15) is 19.5 Å². The number of rotatable bonds is 8. The van der Waals surface area contributed by atoms with E-state index in [1.165, 1.54) is 4.90 Å². The summed E-state index contributed by atoms with van der Waals surface area (Å²) in [6.07, 6.45) is 3.62. The van der Waals surface area contributed by atoms with Crippen LogP contribution in [-0.2, 0) is 16.1 Å². The Kier molecular flexibility index (Phi) is 7.84. The molecule has 0 atom stereocenters. The van der Waals surface area contributed by atoms with E-state index in [0.717, 1.165) is 24.8 Å². The van der Waals surface area contributed by atoms with Crippen LogP contribution >= 0.6 is 0 Å². The van der Waals surface area contributed by atoms with Gasteiger partial charge in [0.1, 0.15) is 5.54 Å². The fourth-order valence-corrected chi connectivity index (χ4v) is 3.65. The van der Waals surface area contributed by atoms with E-state index >= 15 is 0 Å². The van der Waals surface area contributed by atoms with E-state index in [0.29, 0.717) is 25.3 Å². The molecule has 1 aromatic carbocycles. The predicted octanol–water partition coefficient (Wildman–Crippen LogP) is 2.76. The van der Waals surface area contributed by atoms with Crippen LogP contribution in [-0.4, -0.2) is 47.0 Å². The summed E-state index contributed by atoms with van der Waals surface area (Å²) in [5, 5.41) is 15.1. The molecule has 0 aromatic heterocycles. The topological polar surface area (TPSA) is 98.7 Å². The third kappa shape index (κ3) is 5.97. The number of hydrogen-bond acceptors (Lipinski definition) is 3. The number of carboxylic acids is 1. The van der Waals surface area contributed by atoms with Crippen LogP contribution in [0, 0.1) is 5.92 Å². The number of carbonyl (C=O) groups is 3. The van der Waals surface area contributed by atoms with Crippen molar-refractivity contribution in [2.45, 2.75) is 57.5 Å². The Morgan fingerprint density at radius 3 is 2.39 bits per heavy atom. The van der Waals surface area contributed by atoms with Gasteiger partial charge in [0.15, 0.2) is 0 Å². The molecule has 3 N–H and O–H groups in total. The molecule has 0 bridgehead atoms. The van der Waals surface area contributed by atoms with Gasteiger partial charge < -0.3 is 20.6 Å². The van der Waals surface area contributed by atoms with Crippen molar-refractivity contribution in [3.05, 3.63) is 35.9 Å². The molecule has 1 saturated carbocycles. The molecule has 1 aliphatic carbocycles. The molecule has 0 spiro atoms. The van der Waals surface area contributed by atoms with Gasteiger partial charge in [0.05, 0.1) is 0 Å². The van der Waals surface area contributed by atoms with E-state index in [-0.39, 0.29) is 24.9 Å². The molecule has 1 fully saturated rings. The van der Waals surface area contributed by atoms with Gasteiger partial charge in [-0.1, -0.05) is 43.7 Å². The minimum Gasteiger partial charge on any atom is -0.480 e. The molecule has 1 aromatic rings. The quantitative estimate of drug-likeness (QED) is 0.637. The van der Waals surface area contributed by atoms with Gasteiger partial charge in [0, 0.05) is 26.6 Å². The highest BCUT2D eigenvalue weighted by Crippen LogP contribution is 2.34. The van der Waals surface area contributed by atoms with Crippen LogP contribution < -0.4 is 10.6 Å². The fraction of sp³-hybridized carbons (Fsp3) is 0.571. The Labute approximate surface area is 166 Å². The lowest BCUT2D eigenvalue weighted by Gasteiger charge is -2.37. The Balaban J connectivity index is 1.76. The number of aliphatic carboxylic acids is 1. The molecule has 0 radical (unpaired) electrons. The monoisotopic (exact) mass is 389 g/mol. The van der Waals surface area contributed by atoms with Crippen LogP contribution in [0.5, 0.6) is 0 Å². The standard InChI is InChI=1S/C21H31N3O4/c1-3-16-9-12-21(13-10-16,19(26)27)23-18(25)11-14-22-20(28)24(2)15-17-7-5-4-6-8-17/h4-8,16H,3,9-15H2,1-2H3,(H,22,28)(H,23,25)(H,26,27). The average Bonchev–Trinajstić information content (AvgIpc) is 2.69. The third-order valence-corrected chi connectivity index (χ3v) is 5.56. The Morgan fingerprint density at radius 1 is 1.18 bits per heavy atom. The summed E-state index contributed by atoms with van der Waals surface area (Å²) >= 11 is 0. The van der Waals surface area contributed by atoms with Crippen LogP contribution in [0.4, 0.5) is 4.79 Å². The SMILES string of the molecule is CCC1CCC(NC(=O)CCNC(=O)N(C)Cc2ccccc2)(C(=O)O)CC1. The van der Waals surface area contributed by atoms with Crippen LogP contribution in [0.25, 0.3) is 0 Å². The second-order valence-corrected chi connectivity index (χ2v) is 7.61. The Hall–Kier alpha value is -2.57. The van der Waals surface area contributed by atoms with E-state index in [4.69, 9.17) is 0 Å². The second-order valence-electron chi connectivity index (χ2n) is 7.61. The zero-order chi connectivity index (χ0) is 20.6. The molecule has 0 saturated heterocycles. The van der Waals surface area contributed by atoms with Gasteiger partial charge in [0.25, 0.3) is 0 Å². The van der Waals surface area contributed by atoms with Crippen LogP contribution in [0.3, 0.4) is 0 Å². The van der Waals surface area contributed by atoms with E-state index in [2.05, 4.69) is 17.6 Å². The zero-order valence-corrected chi connectivity index (χ0v) is 16.7. The summed E-state index contributed by atoms with van der Waals surface area (Å²) in [4.78, 5) is 37.7. The molecule has 7 nitrogen and oxygen atoms in total. The summed E-state index contributed by atoms with van der Waals surface area (Å²) < 4.78 is 0. The number of nitrogens with zero attached hydrogens (tertiary/aromatic N) is 1. The number of carbonyl (C=O) groups excluding carboxylic acids is 2. The number of carboxylic acid groups (broad SMARTS) is 1. The number of amides is 3. The van der Waals surface area contributed by atoms with Gasteiger partial charge in [-0.05, 0) is 37.2 Å². The van der Waals surface area contributed by atoms with E-state index < -0.39 is 11.5 Å². The van der Waals surface area contributed by atoms with Crippen LogP contribution in [0.15, 0.2) is 30.3 Å². The first-order valence-electron chi connectivity index (χ1n) is 9.93. The highest BCUT2D eigenvalue weighted by Gasteiger charge is 2.42. The predicted molar refractivity (Wildman–Crippen MR) is 107 cm³/mol. The maximum atomic E-state index is 12.3. The maximum absolute atomic E-state index is 12.3. The highest BCUT2D eigenvalue weighted by molar-refractivity contribution is 5.87. The number of nitrogens with one attached hydrogen (secondary N) is 2. The lowest BCUT2D eigenvalue weighted by atomic mass is 9.75. The number of benzene rings is 1. The van der Waals surface area contributed by atoms with E-state index in [1.807, 2.05) is 30.3 Å². The van der Waals surface area contributed by atoms with Crippen molar-refractivity contribution in [1.29, 1.82) is 0 Å². The first kappa shape index (κ1) is 21.7. The van der Waals surface area contributed by atoms with Crippen LogP contribution in [0.2, 0.25) is 0 Å². The van der Waals surface area contributed by atoms with Crippen molar-refractivity contribution in [2.75, 3.05) is 13.6 Å². The summed E-state index contributed by atoms with van der Waals surface area (Å²) in [6, 6.07) is 9.36. The van der Waals surface area contributed by atoms with Gasteiger partial charge >= 0.3 is 12.0 Å². The smallest absolute Gasteiger partial charge is 0.329 e. The first-order valence-corrected chi connectivity index (χ1v) is 9.93. The van der Waals surface area contributed by atoms with Gasteiger partial charge in [0.2, 0.25) is 5.91 Å². The van der Waals surface area contributed by atoms with Crippen molar-refractivity contribution in [3.63, 3.8) is 0 Å². The lowest BCUT2D eigenvalue weighted by Crippen LogP contribution is -2.56. The molecule has 0 heterocycles. The largest absolute Gasteiger partial charge is 0.480 e. The molecule has 0 aliphatic heterocycles. The van der Waals surface area contributed by atoms with E-state index in [1.54, 1.807) is 7.05 Å². The zero-order valence-electron chi connectivity index (χ0n) is 16.7. The normalized spacial score (nSPS) is 21.6. The van der Waals surface area contributed by atoms with Crippen molar-refractivity contribution in [1.82, 2.24) is 15.5 Å². The third-order valence-electron chi connectivity index (χ3n) is 5.56. The second kappa shape index (κ2) is 10.1. The minimum absolute atomic E-state index is 0.0527. The lowest BCUT2D eigenvalue weighted by molar-refractivity contribution is -0.149. The van der Waals surface area contributed by atoms with Crippen molar-refractivity contribution in [3.8, 4) is 0 Å². The van der Waals surface area contributed by atoms with Gasteiger partial charge in [-0.3, -0.25) is 4.79 Å². The molecule has 0 unspecified atom stereocenters. The molecular formula is C21H31N3O4. The van der Waals surface area contributed by atoms with Crippen molar-refractivity contribution < 1.29 is 19.5 Å². The molecule has 7 heteroatoms. The number of hydrogen-bond donors (Lipinski definition) is 3. The summed E-state index contributed by atoms with van der Waals surface area (Å²) in [6.45, 7) is 2.74. The summed E-state index contributed by atoms with van der Waals surface area (Å²) in [7, 11) is 1.69. The molecule has 3 amide bonds. The van der Waals surface area contributed by atoms with Crippen molar-refractivity contribution in [2.24, 2.45) is 5.92 Å². The van der Waals surface area contributed by atoms with Crippen LogP contribution in [0.1, 0.15) is 51.0 Å². The molecule has 28 heavy (non-hydrogen) atoms. The summed E-state index contributed by atoms with van der Waals surface area (Å²) in [5.41, 5.74) is -0.152. The van der Waals surface area contributed by atoms with Gasteiger partial charge in [-0.15, -0.1) is 0 Å². The van der Waals surface area contributed by atoms with Gasteiger partial charge in [-0.2, -0.15) is 0 Å². The molecule has 1 aliphatic rings. The van der Waals surface area contributed by atoms with Gasteiger partial charge in [-0.25, -0.2) is 9.59 Å². The minimum atomic E-state index is -1.17. The first-order chi connectivity index (χ1) is 13.4. The maximum Gasteiger partial charge on any atom is 0.329 e. The molecule has 154 valence electrons. The molecular weight excluding hydrogens is 358 g/mol. The molecule has 2 rings (SSSR count). The Bertz CT molecular complexity index is 669. The number of urea groups is 1. The average molecular weight is 389 g/mol. The summed E-state index contributed by atoms with van der Waals surface area (Å²) in [5.74, 6) is -0.783.